The van der Waals surface area contributed by atoms with E-state index in [1.165, 1.54) is 0 Å². The van der Waals surface area contributed by atoms with Crippen molar-refractivity contribution in [1.82, 2.24) is 15.1 Å². The van der Waals surface area contributed by atoms with Crippen LogP contribution >= 0.6 is 0 Å². The summed E-state index contributed by atoms with van der Waals surface area (Å²) >= 11 is 0. The Labute approximate surface area is 108 Å². The second-order valence-corrected chi connectivity index (χ2v) is 5.53. The van der Waals surface area contributed by atoms with E-state index in [1.807, 2.05) is 20.8 Å². The quantitative estimate of drug-likeness (QED) is 0.769. The second kappa shape index (κ2) is 5.46. The van der Waals surface area contributed by atoms with Gasteiger partial charge in [0.1, 0.15) is 5.60 Å². The molecule has 1 heterocycles. The van der Waals surface area contributed by atoms with Gasteiger partial charge in [0.05, 0.1) is 6.04 Å². The number of urea groups is 1. The number of ether oxygens (including phenoxy) is 1. The van der Waals surface area contributed by atoms with Crippen LogP contribution in [0.15, 0.2) is 0 Å². The molecule has 0 aromatic heterocycles. The second-order valence-electron chi connectivity index (χ2n) is 5.53. The molecular weight excluding hydrogens is 234 g/mol. The Balaban J connectivity index is 2.52. The molecule has 1 rings (SSSR count). The van der Waals surface area contributed by atoms with Crippen LogP contribution < -0.4 is 5.32 Å². The number of amides is 3. The minimum absolute atomic E-state index is 0.0251. The first-order chi connectivity index (χ1) is 8.24. The van der Waals surface area contributed by atoms with E-state index >= 15 is 0 Å². The van der Waals surface area contributed by atoms with Gasteiger partial charge in [0.25, 0.3) is 0 Å². The van der Waals surface area contributed by atoms with E-state index in [1.54, 1.807) is 23.9 Å². The van der Waals surface area contributed by atoms with Crippen LogP contribution in [0.5, 0.6) is 0 Å². The van der Waals surface area contributed by atoms with Gasteiger partial charge in [-0.25, -0.2) is 9.59 Å². The number of hydrogen-bond donors (Lipinski definition) is 1. The van der Waals surface area contributed by atoms with E-state index in [4.69, 9.17) is 4.74 Å². The molecule has 0 radical (unpaired) electrons. The lowest BCUT2D eigenvalue weighted by atomic mass is 10.2. The van der Waals surface area contributed by atoms with Crippen LogP contribution in [0.3, 0.4) is 0 Å². The van der Waals surface area contributed by atoms with Gasteiger partial charge in [0, 0.05) is 27.2 Å². The number of likely N-dealkylation sites (N-methyl/N-ethyl adjacent to an activating group) is 1. The van der Waals surface area contributed by atoms with Crippen molar-refractivity contribution in [2.45, 2.75) is 38.8 Å². The molecule has 104 valence electrons. The van der Waals surface area contributed by atoms with Crippen molar-refractivity contribution in [2.75, 3.05) is 27.2 Å². The number of carbonyl (C=O) groups is 2. The fourth-order valence-electron chi connectivity index (χ4n) is 1.88. The summed E-state index contributed by atoms with van der Waals surface area (Å²) in [5.41, 5.74) is -0.496. The molecule has 18 heavy (non-hydrogen) atoms. The molecule has 0 aliphatic carbocycles. The summed E-state index contributed by atoms with van der Waals surface area (Å²) in [6.07, 6.45) is 0.439. The summed E-state index contributed by atoms with van der Waals surface area (Å²) in [5, 5.41) is 2.59. The number of nitrogens with zero attached hydrogens (tertiary/aromatic N) is 2. The molecule has 0 bridgehead atoms. The summed E-state index contributed by atoms with van der Waals surface area (Å²) in [6.45, 7) is 6.73. The normalized spacial score (nSPS) is 19.6. The summed E-state index contributed by atoms with van der Waals surface area (Å²) in [4.78, 5) is 26.6. The first-order valence-electron chi connectivity index (χ1n) is 6.17. The molecule has 1 aliphatic rings. The molecule has 3 amide bonds. The van der Waals surface area contributed by atoms with Gasteiger partial charge in [0.2, 0.25) is 0 Å². The highest BCUT2D eigenvalue weighted by Crippen LogP contribution is 2.17. The standard InChI is InChI=1S/C12H23N3O3/c1-12(2,3)18-11(17)14(5)9-6-7-15(8-9)10(16)13-4/h9H,6-8H2,1-5H3,(H,13,16). The fourth-order valence-corrected chi connectivity index (χ4v) is 1.88. The lowest BCUT2D eigenvalue weighted by molar-refractivity contribution is 0.0230. The van der Waals surface area contributed by atoms with Crippen LogP contribution in [0.1, 0.15) is 27.2 Å². The Morgan fingerprint density at radius 3 is 2.50 bits per heavy atom. The minimum Gasteiger partial charge on any atom is -0.444 e. The summed E-state index contributed by atoms with van der Waals surface area (Å²) < 4.78 is 5.30. The fraction of sp³-hybridized carbons (Fsp3) is 0.833. The van der Waals surface area contributed by atoms with E-state index in [-0.39, 0.29) is 18.2 Å². The van der Waals surface area contributed by atoms with Gasteiger partial charge < -0.3 is 19.9 Å². The van der Waals surface area contributed by atoms with Crippen LogP contribution in [-0.2, 0) is 4.74 Å². The molecule has 1 unspecified atom stereocenters. The van der Waals surface area contributed by atoms with Crippen LogP contribution in [0.2, 0.25) is 0 Å². The zero-order valence-electron chi connectivity index (χ0n) is 11.8. The zero-order valence-corrected chi connectivity index (χ0v) is 11.8. The highest BCUT2D eigenvalue weighted by Gasteiger charge is 2.32. The van der Waals surface area contributed by atoms with Crippen molar-refractivity contribution in [3.05, 3.63) is 0 Å². The van der Waals surface area contributed by atoms with Crippen LogP contribution in [0, 0.1) is 0 Å². The van der Waals surface area contributed by atoms with Crippen LogP contribution in [0.4, 0.5) is 9.59 Å². The zero-order chi connectivity index (χ0) is 13.9. The third kappa shape index (κ3) is 3.78. The molecule has 1 atom stereocenters. The third-order valence-corrected chi connectivity index (χ3v) is 2.89. The highest BCUT2D eigenvalue weighted by molar-refractivity contribution is 5.74. The molecule has 6 heteroatoms. The Kier molecular flexibility index (Phi) is 4.43. The average molecular weight is 257 g/mol. The largest absolute Gasteiger partial charge is 0.444 e. The predicted molar refractivity (Wildman–Crippen MR) is 68.4 cm³/mol. The van der Waals surface area contributed by atoms with Gasteiger partial charge in [-0.05, 0) is 27.2 Å². The van der Waals surface area contributed by atoms with Crippen molar-refractivity contribution < 1.29 is 14.3 Å². The van der Waals surface area contributed by atoms with Gasteiger partial charge >= 0.3 is 12.1 Å². The van der Waals surface area contributed by atoms with Crippen molar-refractivity contribution in [3.63, 3.8) is 0 Å². The molecular formula is C12H23N3O3. The first kappa shape index (κ1) is 14.6. The van der Waals surface area contributed by atoms with Gasteiger partial charge in [-0.3, -0.25) is 0 Å². The van der Waals surface area contributed by atoms with E-state index in [9.17, 15) is 9.59 Å². The van der Waals surface area contributed by atoms with Crippen molar-refractivity contribution >= 4 is 12.1 Å². The maximum Gasteiger partial charge on any atom is 0.410 e. The lowest BCUT2D eigenvalue weighted by Crippen LogP contribution is -2.43. The summed E-state index contributed by atoms with van der Waals surface area (Å²) in [5.74, 6) is 0. The number of carbonyl (C=O) groups excluding carboxylic acids is 2. The van der Waals surface area contributed by atoms with Crippen molar-refractivity contribution in [3.8, 4) is 0 Å². The van der Waals surface area contributed by atoms with Gasteiger partial charge in [-0.2, -0.15) is 0 Å². The molecule has 1 N–H and O–H groups in total. The smallest absolute Gasteiger partial charge is 0.410 e. The number of likely N-dealkylation sites (tertiary alicyclic amines) is 1. The van der Waals surface area contributed by atoms with E-state index < -0.39 is 5.60 Å². The Hall–Kier alpha value is -1.46. The molecule has 1 fully saturated rings. The van der Waals surface area contributed by atoms with Crippen molar-refractivity contribution in [1.29, 1.82) is 0 Å². The van der Waals surface area contributed by atoms with E-state index in [0.717, 1.165) is 6.42 Å². The monoisotopic (exact) mass is 257 g/mol. The summed E-state index contributed by atoms with van der Waals surface area (Å²) in [7, 11) is 3.32. The summed E-state index contributed by atoms with van der Waals surface area (Å²) in [6, 6.07) is -0.0766. The number of nitrogens with one attached hydrogen (secondary N) is 1. The van der Waals surface area contributed by atoms with E-state index in [2.05, 4.69) is 5.32 Å². The van der Waals surface area contributed by atoms with Gasteiger partial charge in [-0.15, -0.1) is 0 Å². The molecule has 1 aliphatic heterocycles. The molecule has 0 aromatic rings. The highest BCUT2D eigenvalue weighted by atomic mass is 16.6. The van der Waals surface area contributed by atoms with Crippen molar-refractivity contribution in [2.24, 2.45) is 0 Å². The topological polar surface area (TPSA) is 61.9 Å². The molecule has 6 nitrogen and oxygen atoms in total. The number of rotatable bonds is 1. The average Bonchev–Trinajstić information content (AvgIpc) is 2.73. The minimum atomic E-state index is -0.496. The van der Waals surface area contributed by atoms with Crippen LogP contribution in [-0.4, -0.2) is 60.8 Å². The third-order valence-electron chi connectivity index (χ3n) is 2.89. The SMILES string of the molecule is CNC(=O)N1CCC(N(C)C(=O)OC(C)(C)C)C1. The Morgan fingerprint density at radius 1 is 1.39 bits per heavy atom. The van der Waals surface area contributed by atoms with E-state index in [0.29, 0.717) is 13.1 Å². The predicted octanol–water partition coefficient (Wildman–Crippen LogP) is 1.27. The molecule has 0 spiro atoms. The maximum absolute atomic E-state index is 11.9. The number of hydrogen-bond acceptors (Lipinski definition) is 3. The molecule has 1 saturated heterocycles. The van der Waals surface area contributed by atoms with Crippen LogP contribution in [0.25, 0.3) is 0 Å². The first-order valence-corrected chi connectivity index (χ1v) is 6.17. The Morgan fingerprint density at radius 2 is 2.00 bits per heavy atom. The molecule has 0 saturated carbocycles. The Bertz CT molecular complexity index is 325. The lowest BCUT2D eigenvalue weighted by Gasteiger charge is -2.28. The van der Waals surface area contributed by atoms with Gasteiger partial charge in [0.15, 0.2) is 0 Å². The van der Waals surface area contributed by atoms with Gasteiger partial charge in [-0.1, -0.05) is 0 Å². The molecule has 0 aromatic carbocycles. The maximum atomic E-state index is 11.9.